The lowest BCUT2D eigenvalue weighted by Gasteiger charge is -2.36. The van der Waals surface area contributed by atoms with Gasteiger partial charge < -0.3 is 15.9 Å². The summed E-state index contributed by atoms with van der Waals surface area (Å²) in [7, 11) is -4.05. The van der Waals surface area contributed by atoms with Crippen molar-refractivity contribution in [1.82, 2.24) is 9.66 Å². The number of carbonyl (C=O) groups is 1. The minimum atomic E-state index is -4.05. The third kappa shape index (κ3) is 7.12. The fourth-order valence-electron chi connectivity index (χ4n) is 5.58. The number of sulfone groups is 1. The average Bonchev–Trinajstić information content (AvgIpc) is 3.05. The number of nitrogens with two attached hydrogens (primary N) is 1. The topological polar surface area (TPSA) is 153 Å². The van der Waals surface area contributed by atoms with Crippen LogP contribution in [0, 0.1) is 17.1 Å². The van der Waals surface area contributed by atoms with Gasteiger partial charge in [0, 0.05) is 30.3 Å². The van der Waals surface area contributed by atoms with Gasteiger partial charge in [0.1, 0.15) is 29.8 Å². The van der Waals surface area contributed by atoms with Crippen molar-refractivity contribution in [2.45, 2.75) is 54.9 Å². The van der Waals surface area contributed by atoms with E-state index in [0.29, 0.717) is 17.4 Å². The highest BCUT2D eigenvalue weighted by Gasteiger charge is 2.30. The van der Waals surface area contributed by atoms with E-state index in [2.05, 4.69) is 21.8 Å². The number of hydrogen-bond acceptors (Lipinski definition) is 9. The lowest BCUT2D eigenvalue weighted by molar-refractivity contribution is 0.112. The molecule has 12 heteroatoms. The van der Waals surface area contributed by atoms with Crippen LogP contribution in [0.3, 0.4) is 0 Å². The maximum Gasteiger partial charge on any atom is 0.206 e. The van der Waals surface area contributed by atoms with Crippen molar-refractivity contribution in [2.75, 3.05) is 0 Å². The highest BCUT2D eigenvalue weighted by atomic mass is 32.2. The number of nitrogens with zero attached hydrogens (tertiary/aromatic N) is 4. The van der Waals surface area contributed by atoms with Crippen molar-refractivity contribution < 1.29 is 22.3 Å². The summed E-state index contributed by atoms with van der Waals surface area (Å²) in [6.45, 7) is 7.07. The van der Waals surface area contributed by atoms with E-state index in [9.17, 15) is 13.2 Å². The quantitative estimate of drug-likeness (QED) is 0.145. The first-order valence-electron chi connectivity index (χ1n) is 15.0. The number of carbonyl (C=O) groups excluding carboxylic acids is 1. The van der Waals surface area contributed by atoms with Crippen LogP contribution in [0.1, 0.15) is 59.8 Å². The normalized spacial score (nSPS) is 16.9. The smallest absolute Gasteiger partial charge is 0.206 e. The van der Waals surface area contributed by atoms with Gasteiger partial charge in [-0.25, -0.2) is 27.5 Å². The predicted octanol–water partition coefficient (Wildman–Crippen LogP) is 5.84. The minimum Gasteiger partial charge on any atom is -0.485 e. The van der Waals surface area contributed by atoms with E-state index in [4.69, 9.17) is 15.9 Å². The molecule has 0 aliphatic heterocycles. The molecule has 0 bridgehead atoms. The summed E-state index contributed by atoms with van der Waals surface area (Å²) in [5.41, 5.74) is 8.71. The molecule has 242 valence electrons. The van der Waals surface area contributed by atoms with E-state index in [1.54, 1.807) is 26.0 Å². The lowest BCUT2D eigenvalue weighted by Crippen LogP contribution is -2.25. The molecular weight excluding hydrogens is 619 g/mol. The molecular formula is C35H35FN6O4S. The molecule has 0 amide bonds. The number of aromatic nitrogens is 2. The van der Waals surface area contributed by atoms with Gasteiger partial charge >= 0.3 is 0 Å². The lowest BCUT2D eigenvalue weighted by atomic mass is 9.69. The van der Waals surface area contributed by atoms with Crippen LogP contribution >= 0.6 is 0 Å². The van der Waals surface area contributed by atoms with Gasteiger partial charge in [-0.05, 0) is 86.4 Å². The van der Waals surface area contributed by atoms with Gasteiger partial charge in [0.15, 0.2) is 5.75 Å². The summed E-state index contributed by atoms with van der Waals surface area (Å²) < 4.78 is 49.9. The van der Waals surface area contributed by atoms with E-state index >= 15 is 4.39 Å². The molecule has 3 N–H and O–H groups in total. The van der Waals surface area contributed by atoms with Crippen LogP contribution in [0.15, 0.2) is 99.1 Å². The SMILES string of the molecule is C=Nn1cnc(/C(C=N)=C/N)c(OC(C)C)c1=Nc1ccc(S(=O)(=O)c2cccc(CC3CC(c4ccc(C=O)cc4)C3)c2)cc1F. The number of halogens is 1. The standard InChI is InChI=1S/C35H35FN6O4S/c1-22(2)46-34-33(28(18-37)19-38)40-21-42(39-3)35(34)41-32-12-11-30(17-31(32)36)47(44,45)29-6-4-5-24(16-29)13-25-14-27(15-25)26-9-7-23(20-43)8-10-26/h4-12,16-22,25,27,37H,3,13-15,38H2,1-2H3/b28-19+,37-18?,41-35?. The van der Waals surface area contributed by atoms with Gasteiger partial charge in [-0.15, -0.1) is 0 Å². The Morgan fingerprint density at radius 1 is 1.15 bits per heavy atom. The van der Waals surface area contributed by atoms with E-state index in [1.165, 1.54) is 41.0 Å². The van der Waals surface area contributed by atoms with Crippen molar-refractivity contribution in [3.63, 3.8) is 0 Å². The molecule has 1 aliphatic carbocycles. The first kappa shape index (κ1) is 33.1. The molecule has 1 heterocycles. The van der Waals surface area contributed by atoms with Gasteiger partial charge in [0.25, 0.3) is 0 Å². The Kier molecular flexibility index (Phi) is 9.90. The maximum absolute atomic E-state index is 15.6. The summed E-state index contributed by atoms with van der Waals surface area (Å²) in [4.78, 5) is 19.5. The van der Waals surface area contributed by atoms with Crippen LogP contribution < -0.4 is 16.0 Å². The second-order valence-electron chi connectivity index (χ2n) is 11.6. The van der Waals surface area contributed by atoms with E-state index in [0.717, 1.165) is 43.4 Å². The first-order chi connectivity index (χ1) is 22.6. The molecule has 4 aromatic rings. The fourth-order valence-corrected chi connectivity index (χ4v) is 6.92. The molecule has 1 aliphatic rings. The number of benzene rings is 3. The zero-order valence-corrected chi connectivity index (χ0v) is 26.8. The van der Waals surface area contributed by atoms with E-state index in [1.807, 2.05) is 30.3 Å². The zero-order valence-electron chi connectivity index (χ0n) is 26.0. The van der Waals surface area contributed by atoms with Crippen molar-refractivity contribution in [3.05, 3.63) is 113 Å². The Hall–Kier alpha value is -5.23. The molecule has 0 unspecified atom stereocenters. The second kappa shape index (κ2) is 14.0. The summed E-state index contributed by atoms with van der Waals surface area (Å²) in [6.07, 6.45) is 6.62. The van der Waals surface area contributed by atoms with Crippen molar-refractivity contribution in [1.29, 1.82) is 5.41 Å². The van der Waals surface area contributed by atoms with Gasteiger partial charge in [-0.2, -0.15) is 5.10 Å². The Bertz CT molecular complexity index is 2030. The number of hydrogen-bond donors (Lipinski definition) is 2. The minimum absolute atomic E-state index is 0.0262. The molecule has 3 aromatic carbocycles. The molecule has 47 heavy (non-hydrogen) atoms. The number of rotatable bonds is 12. The summed E-state index contributed by atoms with van der Waals surface area (Å²) in [6, 6.07) is 17.9. The molecule has 5 rings (SSSR count). The molecule has 1 aromatic heterocycles. The van der Waals surface area contributed by atoms with Crippen molar-refractivity contribution in [3.8, 4) is 5.75 Å². The molecule has 1 saturated carbocycles. The molecule has 10 nitrogen and oxygen atoms in total. The zero-order chi connectivity index (χ0) is 33.7. The summed E-state index contributed by atoms with van der Waals surface area (Å²) in [5.74, 6) is 0.0355. The van der Waals surface area contributed by atoms with Crippen LogP contribution in [-0.4, -0.2) is 43.4 Å². The Balaban J connectivity index is 1.40. The maximum atomic E-state index is 15.6. The van der Waals surface area contributed by atoms with Crippen LogP contribution in [0.5, 0.6) is 5.75 Å². The van der Waals surface area contributed by atoms with Crippen LogP contribution in [0.2, 0.25) is 0 Å². The molecule has 1 fully saturated rings. The largest absolute Gasteiger partial charge is 0.485 e. The number of allylic oxidation sites excluding steroid dienone is 1. The van der Waals surface area contributed by atoms with Gasteiger partial charge in [-0.3, -0.25) is 4.79 Å². The third-order valence-corrected chi connectivity index (χ3v) is 9.76. The Morgan fingerprint density at radius 3 is 2.49 bits per heavy atom. The Labute approximate surface area is 272 Å². The van der Waals surface area contributed by atoms with Crippen LogP contribution in [0.4, 0.5) is 10.1 Å². The van der Waals surface area contributed by atoms with Crippen LogP contribution in [-0.2, 0) is 16.3 Å². The van der Waals surface area contributed by atoms with Crippen molar-refractivity contribution >= 4 is 40.3 Å². The van der Waals surface area contributed by atoms with Gasteiger partial charge in [0.2, 0.25) is 15.3 Å². The first-order valence-corrected chi connectivity index (χ1v) is 16.5. The van der Waals surface area contributed by atoms with Crippen molar-refractivity contribution in [2.24, 2.45) is 21.7 Å². The highest BCUT2D eigenvalue weighted by molar-refractivity contribution is 7.91. The second-order valence-corrected chi connectivity index (χ2v) is 13.5. The third-order valence-electron chi connectivity index (χ3n) is 8.01. The van der Waals surface area contributed by atoms with Gasteiger partial charge in [0.05, 0.1) is 15.9 Å². The van der Waals surface area contributed by atoms with E-state index in [-0.39, 0.29) is 44.1 Å². The van der Waals surface area contributed by atoms with Crippen LogP contribution in [0.25, 0.3) is 5.57 Å². The van der Waals surface area contributed by atoms with E-state index < -0.39 is 15.7 Å². The molecule has 0 spiro atoms. The molecule has 0 radical (unpaired) electrons. The monoisotopic (exact) mass is 654 g/mol. The fraction of sp³-hybridized carbons (Fsp3) is 0.229. The summed E-state index contributed by atoms with van der Waals surface area (Å²) >= 11 is 0. The number of ether oxygens (including phenoxy) is 1. The number of aldehydes is 1. The highest BCUT2D eigenvalue weighted by Crippen LogP contribution is 2.43. The Morgan fingerprint density at radius 2 is 1.87 bits per heavy atom. The van der Waals surface area contributed by atoms with Gasteiger partial charge in [-0.1, -0.05) is 36.4 Å². The average molecular weight is 655 g/mol. The number of nitrogens with one attached hydrogen (secondary N) is 1. The molecule has 0 atom stereocenters. The summed E-state index contributed by atoms with van der Waals surface area (Å²) in [5, 5.41) is 11.6. The predicted molar refractivity (Wildman–Crippen MR) is 178 cm³/mol. The molecule has 0 saturated heterocycles.